The highest BCUT2D eigenvalue weighted by Gasteiger charge is 2.41. The molecule has 2 heterocycles. The van der Waals surface area contributed by atoms with Crippen molar-refractivity contribution in [1.29, 1.82) is 0 Å². The average molecular weight is 308 g/mol. The summed E-state index contributed by atoms with van der Waals surface area (Å²) in [4.78, 5) is 2.71. The number of hydrogen-bond acceptors (Lipinski definition) is 4. The first-order chi connectivity index (χ1) is 10.4. The maximum atomic E-state index is 5.55. The molecule has 21 heavy (non-hydrogen) atoms. The molecular weight excluding hydrogens is 280 g/mol. The van der Waals surface area contributed by atoms with E-state index >= 15 is 0 Å². The van der Waals surface area contributed by atoms with E-state index in [1.54, 1.807) is 0 Å². The smallest absolute Gasteiger partial charge is 0.0594 e. The lowest BCUT2D eigenvalue weighted by molar-refractivity contribution is -0.0135. The second kappa shape index (κ2) is 6.23. The van der Waals surface area contributed by atoms with Gasteiger partial charge in [-0.15, -0.1) is 0 Å². The summed E-state index contributed by atoms with van der Waals surface area (Å²) in [5.41, 5.74) is 0.405. The minimum atomic E-state index is 0.405. The molecule has 2 saturated heterocycles. The average Bonchev–Trinajstić information content (AvgIpc) is 3.25. The van der Waals surface area contributed by atoms with Crippen LogP contribution in [0.5, 0.6) is 0 Å². The van der Waals surface area contributed by atoms with Crippen LogP contribution in [0.15, 0.2) is 12.2 Å². The van der Waals surface area contributed by atoms with Gasteiger partial charge in [0.2, 0.25) is 0 Å². The van der Waals surface area contributed by atoms with Crippen molar-refractivity contribution in [1.82, 2.24) is 10.2 Å². The molecule has 3 nitrogen and oxygen atoms in total. The first-order valence-corrected chi connectivity index (χ1v) is 9.81. The van der Waals surface area contributed by atoms with Gasteiger partial charge in [0.25, 0.3) is 0 Å². The van der Waals surface area contributed by atoms with E-state index in [4.69, 9.17) is 4.74 Å². The number of morpholine rings is 1. The number of hydrogen-bond donors (Lipinski definition) is 1. The molecule has 3 fully saturated rings. The molecule has 2 aliphatic heterocycles. The minimum absolute atomic E-state index is 0.405. The highest BCUT2D eigenvalue weighted by Crippen LogP contribution is 2.43. The third-order valence-electron chi connectivity index (χ3n) is 6.04. The van der Waals surface area contributed by atoms with Gasteiger partial charge in [-0.3, -0.25) is 4.90 Å². The van der Waals surface area contributed by atoms with Crippen molar-refractivity contribution in [2.24, 2.45) is 17.8 Å². The summed E-state index contributed by atoms with van der Waals surface area (Å²) in [7, 11) is 0. The first kappa shape index (κ1) is 14.6. The third kappa shape index (κ3) is 2.92. The Kier molecular flexibility index (Phi) is 4.32. The summed E-state index contributed by atoms with van der Waals surface area (Å²) >= 11 is 2.14. The van der Waals surface area contributed by atoms with E-state index in [9.17, 15) is 0 Å². The molecule has 4 aliphatic rings. The molecule has 4 rings (SSSR count). The van der Waals surface area contributed by atoms with Crippen molar-refractivity contribution < 1.29 is 4.74 Å². The lowest BCUT2D eigenvalue weighted by Crippen LogP contribution is -2.58. The lowest BCUT2D eigenvalue weighted by atomic mass is 9.92. The molecule has 0 radical (unpaired) electrons. The quantitative estimate of drug-likeness (QED) is 0.785. The van der Waals surface area contributed by atoms with Crippen LogP contribution in [-0.4, -0.2) is 61.3 Å². The van der Waals surface area contributed by atoms with Crippen LogP contribution < -0.4 is 5.32 Å². The molecule has 0 spiro atoms. The largest absolute Gasteiger partial charge is 0.379 e. The van der Waals surface area contributed by atoms with Crippen LogP contribution in [0, 0.1) is 17.8 Å². The lowest BCUT2D eigenvalue weighted by Gasteiger charge is -2.43. The van der Waals surface area contributed by atoms with Crippen LogP contribution in [0.25, 0.3) is 0 Å². The second-order valence-electron chi connectivity index (χ2n) is 7.30. The molecule has 0 aromatic rings. The summed E-state index contributed by atoms with van der Waals surface area (Å²) < 4.78 is 5.55. The number of allylic oxidation sites excluding steroid dienone is 2. The van der Waals surface area contributed by atoms with Crippen molar-refractivity contribution >= 4 is 11.8 Å². The summed E-state index contributed by atoms with van der Waals surface area (Å²) in [6.07, 6.45) is 9.12. The number of ether oxygens (including phenoxy) is 1. The SMILES string of the molecule is C1=C[C@H]2C[C@H]1C[C@@H]2CNC[C@]1(N2CCOCC2)CCSC1. The van der Waals surface area contributed by atoms with Gasteiger partial charge in [-0.25, -0.2) is 0 Å². The topological polar surface area (TPSA) is 24.5 Å². The monoisotopic (exact) mass is 308 g/mol. The van der Waals surface area contributed by atoms with Crippen LogP contribution in [0.3, 0.4) is 0 Å². The van der Waals surface area contributed by atoms with Crippen LogP contribution in [0.2, 0.25) is 0 Å². The van der Waals surface area contributed by atoms with Crippen LogP contribution in [0.4, 0.5) is 0 Å². The van der Waals surface area contributed by atoms with E-state index in [1.165, 1.54) is 43.9 Å². The van der Waals surface area contributed by atoms with Crippen LogP contribution >= 0.6 is 11.8 Å². The zero-order valence-electron chi connectivity index (χ0n) is 12.9. The molecule has 2 bridgehead atoms. The standard InChI is InChI=1S/C17H28N2OS/c1-2-15-9-14(1)10-16(15)11-18-12-17(3-8-21-13-17)19-4-6-20-7-5-19/h1-2,14-16,18H,3-13H2/t14-,15-,16+,17+/m0/s1. The fourth-order valence-electron chi connectivity index (χ4n) is 4.75. The molecule has 118 valence electrons. The maximum Gasteiger partial charge on any atom is 0.0594 e. The molecule has 0 aromatic heterocycles. The van der Waals surface area contributed by atoms with Crippen molar-refractivity contribution in [3.8, 4) is 0 Å². The van der Waals surface area contributed by atoms with Gasteiger partial charge in [0, 0.05) is 30.9 Å². The van der Waals surface area contributed by atoms with Crippen molar-refractivity contribution in [3.05, 3.63) is 12.2 Å². The predicted octanol–water partition coefficient (Wildman–Crippen LogP) is 2.00. The predicted molar refractivity (Wildman–Crippen MR) is 88.8 cm³/mol. The number of thioether (sulfide) groups is 1. The van der Waals surface area contributed by atoms with Gasteiger partial charge in [0.05, 0.1) is 13.2 Å². The van der Waals surface area contributed by atoms with Crippen molar-refractivity contribution in [3.63, 3.8) is 0 Å². The Balaban J connectivity index is 1.31. The summed E-state index contributed by atoms with van der Waals surface area (Å²) in [5.74, 6) is 5.31. The Morgan fingerprint density at radius 1 is 1.24 bits per heavy atom. The molecule has 4 heteroatoms. The number of fused-ring (bicyclic) bond motifs is 2. The van der Waals surface area contributed by atoms with E-state index in [-0.39, 0.29) is 0 Å². The number of rotatable bonds is 5. The second-order valence-corrected chi connectivity index (χ2v) is 8.40. The van der Waals surface area contributed by atoms with E-state index < -0.39 is 0 Å². The van der Waals surface area contributed by atoms with Gasteiger partial charge in [0.1, 0.15) is 0 Å². The molecule has 0 amide bonds. The molecule has 2 aliphatic carbocycles. The van der Waals surface area contributed by atoms with Gasteiger partial charge in [0.15, 0.2) is 0 Å². The molecule has 4 atom stereocenters. The van der Waals surface area contributed by atoms with E-state index in [0.29, 0.717) is 5.54 Å². The zero-order valence-corrected chi connectivity index (χ0v) is 13.7. The van der Waals surface area contributed by atoms with Gasteiger partial charge >= 0.3 is 0 Å². The van der Waals surface area contributed by atoms with Gasteiger partial charge in [-0.1, -0.05) is 12.2 Å². The van der Waals surface area contributed by atoms with Gasteiger partial charge in [-0.2, -0.15) is 11.8 Å². The third-order valence-corrected chi connectivity index (χ3v) is 7.28. The Morgan fingerprint density at radius 2 is 2.14 bits per heavy atom. The Hall–Kier alpha value is -0.0300. The molecule has 1 N–H and O–H groups in total. The Morgan fingerprint density at radius 3 is 2.81 bits per heavy atom. The highest BCUT2D eigenvalue weighted by molar-refractivity contribution is 7.99. The van der Waals surface area contributed by atoms with Gasteiger partial charge in [-0.05, 0) is 49.3 Å². The zero-order chi connectivity index (χ0) is 14.1. The Bertz CT molecular complexity index is 388. The Labute approximate surface area is 132 Å². The molecule has 0 aromatic carbocycles. The van der Waals surface area contributed by atoms with E-state index in [1.807, 2.05) is 0 Å². The maximum absolute atomic E-state index is 5.55. The van der Waals surface area contributed by atoms with E-state index in [2.05, 4.69) is 34.1 Å². The first-order valence-electron chi connectivity index (χ1n) is 8.65. The normalized spacial score (nSPS) is 43.0. The molecular formula is C17H28N2OS. The van der Waals surface area contributed by atoms with Crippen molar-refractivity contribution in [2.75, 3.05) is 50.9 Å². The van der Waals surface area contributed by atoms with Gasteiger partial charge < -0.3 is 10.1 Å². The summed E-state index contributed by atoms with van der Waals surface area (Å²) in [6, 6.07) is 0. The van der Waals surface area contributed by atoms with Crippen LogP contribution in [-0.2, 0) is 4.74 Å². The molecule has 1 saturated carbocycles. The summed E-state index contributed by atoms with van der Waals surface area (Å²) in [5, 5.41) is 3.86. The highest BCUT2D eigenvalue weighted by atomic mass is 32.2. The fraction of sp³-hybridized carbons (Fsp3) is 0.882. The summed E-state index contributed by atoms with van der Waals surface area (Å²) in [6.45, 7) is 6.49. The fourth-order valence-corrected chi connectivity index (χ4v) is 6.23. The van der Waals surface area contributed by atoms with Crippen molar-refractivity contribution in [2.45, 2.75) is 24.8 Å². The minimum Gasteiger partial charge on any atom is -0.379 e. The van der Waals surface area contributed by atoms with E-state index in [0.717, 1.165) is 44.1 Å². The van der Waals surface area contributed by atoms with Crippen LogP contribution in [0.1, 0.15) is 19.3 Å². The number of nitrogens with zero attached hydrogens (tertiary/aromatic N) is 1. The number of nitrogens with one attached hydrogen (secondary N) is 1. The molecule has 0 unspecified atom stereocenters.